The number of hydrogen-bond acceptors (Lipinski definition) is 6. The van der Waals surface area contributed by atoms with E-state index in [2.05, 4.69) is 30.9 Å². The van der Waals surface area contributed by atoms with Crippen LogP contribution in [0.4, 0.5) is 0 Å². The van der Waals surface area contributed by atoms with Crippen molar-refractivity contribution in [3.8, 4) is 0 Å². The Bertz CT molecular complexity index is 512. The van der Waals surface area contributed by atoms with Crippen LogP contribution in [-0.2, 0) is 0 Å². The third kappa shape index (κ3) is 4.48. The van der Waals surface area contributed by atoms with Gasteiger partial charge in [0.1, 0.15) is 0 Å². The molecule has 0 aliphatic heterocycles. The van der Waals surface area contributed by atoms with Gasteiger partial charge in [-0.05, 0) is 6.42 Å². The molecule has 0 bridgehead atoms. The second-order valence-electron chi connectivity index (χ2n) is 4.07. The minimum Gasteiger partial charge on any atom is -0.352 e. The first-order chi connectivity index (χ1) is 10.0. The topological polar surface area (TPSA) is 126 Å². The lowest BCUT2D eigenvalue weighted by molar-refractivity contribution is 0.0934. The summed E-state index contributed by atoms with van der Waals surface area (Å²) >= 11 is 0. The molecule has 3 amide bonds. The lowest BCUT2D eigenvalue weighted by Crippen LogP contribution is -2.32. The molecule has 9 nitrogen and oxygen atoms in total. The van der Waals surface area contributed by atoms with E-state index in [4.69, 9.17) is 0 Å². The number of amides is 3. The molecule has 3 N–H and O–H groups in total. The van der Waals surface area contributed by atoms with Crippen LogP contribution in [0.2, 0.25) is 0 Å². The van der Waals surface area contributed by atoms with Crippen molar-refractivity contribution in [1.29, 1.82) is 0 Å². The number of carbonyl (C=O) groups is 3. The van der Waals surface area contributed by atoms with Gasteiger partial charge in [-0.25, -0.2) is 0 Å². The highest BCUT2D eigenvalue weighted by molar-refractivity contribution is 5.97. The monoisotopic (exact) mass is 294 g/mol. The molecule has 1 rings (SSSR count). The van der Waals surface area contributed by atoms with E-state index in [1.54, 1.807) is 0 Å². The second kappa shape index (κ2) is 7.88. The average molecular weight is 294 g/mol. The number of carbonyl (C=O) groups excluding carboxylic acids is 3. The van der Waals surface area contributed by atoms with E-state index in [1.165, 1.54) is 14.1 Å². The standard InChI is InChI=1S/C12H18N6O3/c1-4-5-6-15-12(21)9-17-7(10(19)13-2)16-8(18-9)11(20)14-3/h4-6H2,1-3H3,(H,13,19)(H,14,20)(H,15,21). The summed E-state index contributed by atoms with van der Waals surface area (Å²) in [5.74, 6) is -2.60. The zero-order valence-electron chi connectivity index (χ0n) is 12.2. The fourth-order valence-electron chi connectivity index (χ4n) is 1.36. The van der Waals surface area contributed by atoms with Crippen LogP contribution in [-0.4, -0.2) is 53.3 Å². The van der Waals surface area contributed by atoms with Crippen LogP contribution in [0.5, 0.6) is 0 Å². The van der Waals surface area contributed by atoms with E-state index >= 15 is 0 Å². The Morgan fingerprint density at radius 2 is 1.29 bits per heavy atom. The highest BCUT2D eigenvalue weighted by Crippen LogP contribution is 1.98. The Balaban J connectivity index is 3.09. The maximum absolute atomic E-state index is 11.9. The molecular weight excluding hydrogens is 276 g/mol. The van der Waals surface area contributed by atoms with Crippen molar-refractivity contribution in [1.82, 2.24) is 30.9 Å². The predicted octanol–water partition coefficient (Wildman–Crippen LogP) is -0.879. The van der Waals surface area contributed by atoms with Gasteiger partial charge < -0.3 is 16.0 Å². The van der Waals surface area contributed by atoms with Crippen molar-refractivity contribution in [3.63, 3.8) is 0 Å². The summed E-state index contributed by atoms with van der Waals surface area (Å²) in [5, 5.41) is 7.27. The van der Waals surface area contributed by atoms with Crippen molar-refractivity contribution < 1.29 is 14.4 Å². The minimum absolute atomic E-state index is 0.265. The highest BCUT2D eigenvalue weighted by Gasteiger charge is 2.19. The summed E-state index contributed by atoms with van der Waals surface area (Å²) in [5.41, 5.74) is 0. The van der Waals surface area contributed by atoms with Gasteiger partial charge in [0, 0.05) is 20.6 Å². The molecule has 0 unspecified atom stereocenters. The third-order valence-electron chi connectivity index (χ3n) is 2.51. The molecule has 0 aliphatic rings. The summed E-state index contributed by atoms with van der Waals surface area (Å²) in [6.07, 6.45) is 1.73. The molecule has 0 aliphatic carbocycles. The first kappa shape index (κ1) is 16.5. The Hall–Kier alpha value is -2.58. The van der Waals surface area contributed by atoms with Crippen molar-refractivity contribution in [2.45, 2.75) is 19.8 Å². The van der Waals surface area contributed by atoms with Crippen molar-refractivity contribution in [2.24, 2.45) is 0 Å². The third-order valence-corrected chi connectivity index (χ3v) is 2.51. The van der Waals surface area contributed by atoms with Crippen LogP contribution >= 0.6 is 0 Å². The van der Waals surface area contributed by atoms with E-state index in [-0.39, 0.29) is 17.5 Å². The lowest BCUT2D eigenvalue weighted by atomic mass is 10.3. The van der Waals surface area contributed by atoms with Crippen LogP contribution in [0.1, 0.15) is 51.6 Å². The number of nitrogens with zero attached hydrogens (tertiary/aromatic N) is 3. The molecule has 1 aromatic rings. The van der Waals surface area contributed by atoms with E-state index in [0.29, 0.717) is 6.54 Å². The van der Waals surface area contributed by atoms with Crippen molar-refractivity contribution in [2.75, 3.05) is 20.6 Å². The quantitative estimate of drug-likeness (QED) is 0.585. The molecule has 114 valence electrons. The largest absolute Gasteiger partial charge is 0.352 e. The summed E-state index contributed by atoms with van der Waals surface area (Å²) in [4.78, 5) is 46.4. The van der Waals surface area contributed by atoms with Crippen LogP contribution in [0.3, 0.4) is 0 Å². The SMILES string of the molecule is CCCCNC(=O)c1nc(C(=O)NC)nc(C(=O)NC)n1. The molecule has 0 aromatic carbocycles. The fourth-order valence-corrected chi connectivity index (χ4v) is 1.36. The van der Waals surface area contributed by atoms with Gasteiger partial charge in [-0.3, -0.25) is 14.4 Å². The highest BCUT2D eigenvalue weighted by atomic mass is 16.2. The van der Waals surface area contributed by atoms with Crippen LogP contribution < -0.4 is 16.0 Å². The summed E-state index contributed by atoms with van der Waals surface area (Å²) < 4.78 is 0. The van der Waals surface area contributed by atoms with Gasteiger partial charge in [-0.1, -0.05) is 13.3 Å². The number of unbranched alkanes of at least 4 members (excludes halogenated alkanes) is 1. The summed E-state index contributed by atoms with van der Waals surface area (Å²) in [6, 6.07) is 0. The molecule has 0 fully saturated rings. The molecule has 0 spiro atoms. The summed E-state index contributed by atoms with van der Waals surface area (Å²) in [6.45, 7) is 2.45. The van der Waals surface area contributed by atoms with Gasteiger partial charge in [0.15, 0.2) is 0 Å². The molecule has 9 heteroatoms. The molecule has 0 saturated carbocycles. The van der Waals surface area contributed by atoms with Crippen molar-refractivity contribution in [3.05, 3.63) is 17.5 Å². The van der Waals surface area contributed by atoms with Crippen molar-refractivity contribution >= 4 is 17.7 Å². The molecular formula is C12H18N6O3. The van der Waals surface area contributed by atoms with E-state index in [1.807, 2.05) is 6.92 Å². The number of nitrogens with one attached hydrogen (secondary N) is 3. The van der Waals surface area contributed by atoms with E-state index in [9.17, 15) is 14.4 Å². The number of hydrogen-bond donors (Lipinski definition) is 3. The van der Waals surface area contributed by atoms with Gasteiger partial charge in [-0.15, -0.1) is 0 Å². The Morgan fingerprint density at radius 3 is 1.67 bits per heavy atom. The zero-order chi connectivity index (χ0) is 15.8. The molecule has 0 atom stereocenters. The second-order valence-corrected chi connectivity index (χ2v) is 4.07. The van der Waals surface area contributed by atoms with Gasteiger partial charge >= 0.3 is 0 Å². The fraction of sp³-hybridized carbons (Fsp3) is 0.500. The molecule has 21 heavy (non-hydrogen) atoms. The van der Waals surface area contributed by atoms with Gasteiger partial charge in [0.2, 0.25) is 17.5 Å². The lowest BCUT2D eigenvalue weighted by Gasteiger charge is -2.06. The normalized spacial score (nSPS) is 9.86. The minimum atomic E-state index is -0.606. The van der Waals surface area contributed by atoms with Crippen LogP contribution in [0.15, 0.2) is 0 Å². The van der Waals surface area contributed by atoms with Crippen LogP contribution in [0.25, 0.3) is 0 Å². The average Bonchev–Trinajstić information content (AvgIpc) is 2.52. The maximum Gasteiger partial charge on any atom is 0.289 e. The molecule has 1 heterocycles. The zero-order valence-corrected chi connectivity index (χ0v) is 12.2. The van der Waals surface area contributed by atoms with Crippen LogP contribution in [0, 0.1) is 0 Å². The predicted molar refractivity (Wildman–Crippen MR) is 73.8 cm³/mol. The number of aromatic nitrogens is 3. The molecule has 0 radical (unpaired) electrons. The Kier molecular flexibility index (Phi) is 6.18. The molecule has 0 saturated heterocycles. The van der Waals surface area contributed by atoms with Gasteiger partial charge in [-0.2, -0.15) is 15.0 Å². The number of rotatable bonds is 6. The van der Waals surface area contributed by atoms with Gasteiger partial charge in [0.05, 0.1) is 0 Å². The van der Waals surface area contributed by atoms with E-state index < -0.39 is 17.7 Å². The summed E-state index contributed by atoms with van der Waals surface area (Å²) in [7, 11) is 2.79. The Labute approximate surface area is 122 Å². The van der Waals surface area contributed by atoms with Gasteiger partial charge in [0.25, 0.3) is 17.7 Å². The first-order valence-electron chi connectivity index (χ1n) is 6.51. The maximum atomic E-state index is 11.9. The molecule has 1 aromatic heterocycles. The van der Waals surface area contributed by atoms with E-state index in [0.717, 1.165) is 12.8 Å². The first-order valence-corrected chi connectivity index (χ1v) is 6.51. The Morgan fingerprint density at radius 1 is 0.857 bits per heavy atom. The smallest absolute Gasteiger partial charge is 0.289 e.